The number of anilines is 1. The van der Waals surface area contributed by atoms with Crippen molar-refractivity contribution in [3.63, 3.8) is 0 Å². The first-order valence-corrected chi connectivity index (χ1v) is 23.7. The summed E-state index contributed by atoms with van der Waals surface area (Å²) in [5.74, 6) is -6.02. The summed E-state index contributed by atoms with van der Waals surface area (Å²) in [6.07, 6.45) is -3.27. The van der Waals surface area contributed by atoms with Gasteiger partial charge in [-0.15, -0.1) is 5.10 Å². The number of likely N-dealkylation sites (N-methyl/N-ethyl adjacent to an activating group) is 1. The second kappa shape index (κ2) is 21.8. The molecule has 0 aliphatic carbocycles. The molecule has 0 spiro atoms. The number of nitrogens with zero attached hydrogens (tertiary/aromatic N) is 5. The second-order valence-electron chi connectivity index (χ2n) is 19.6. The van der Waals surface area contributed by atoms with Gasteiger partial charge in [0.25, 0.3) is 5.67 Å². The summed E-state index contributed by atoms with van der Waals surface area (Å²) in [5.41, 5.74) is 2.64. The Morgan fingerprint density at radius 2 is 1.69 bits per heavy atom. The molecule has 3 aromatic rings. The van der Waals surface area contributed by atoms with Crippen molar-refractivity contribution in [3.8, 4) is 11.3 Å². The van der Waals surface area contributed by atoms with E-state index in [2.05, 4.69) is 10.3 Å². The van der Waals surface area contributed by atoms with E-state index in [0.29, 0.717) is 43.8 Å². The Morgan fingerprint density at radius 1 is 0.985 bits per heavy atom. The number of ketones is 2. The molecule has 1 amide bonds. The monoisotopic (exact) mass is 951 g/mol. The molecule has 3 fully saturated rings. The number of alkyl halides is 1. The standard InChI is InChI=1S/C50H71FN6O11/c1-11-39-50(7)42(57(47(62)68-50)23-16-15-22-56-27-37(53-54-56)34-20-17-21-35(52)24-34)31(3)40(58)30(2)26-48(5,63-10)44(32(4)43(60)49(6,51)46(61)66-39)67-45-41(59)38(55(8)9)25-36(65-45)29-64-28-33-18-13-12-14-19-33/h12-14,17-21,24,27,30-32,36,38-39,41-42,44-45,59H,11,15-16,22-23,25-26,28-29,52H2,1-10H3/t30-,31+,32+,36+,38+,39-,41-,42-,44-,45+,48+,49+,50-/m1/s1. The van der Waals surface area contributed by atoms with Gasteiger partial charge in [0, 0.05) is 55.2 Å². The topological polar surface area (TPSA) is 207 Å². The van der Waals surface area contributed by atoms with Gasteiger partial charge in [0.15, 0.2) is 17.7 Å². The van der Waals surface area contributed by atoms with E-state index < -0.39 is 95.3 Å². The van der Waals surface area contributed by atoms with Gasteiger partial charge in [-0.2, -0.15) is 0 Å². The predicted molar refractivity (Wildman–Crippen MR) is 249 cm³/mol. The Hall–Kier alpha value is -4.85. The highest BCUT2D eigenvalue weighted by Crippen LogP contribution is 2.44. The molecule has 13 atom stereocenters. The minimum atomic E-state index is -3.23. The molecular weight excluding hydrogens is 880 g/mol. The lowest BCUT2D eigenvalue weighted by Gasteiger charge is -2.47. The zero-order chi connectivity index (χ0) is 49.7. The first-order chi connectivity index (χ1) is 32.1. The molecule has 3 N–H and O–H groups in total. The molecule has 4 heterocycles. The van der Waals surface area contributed by atoms with Crippen molar-refractivity contribution < 1.29 is 57.1 Å². The Labute approximate surface area is 399 Å². The molecule has 0 saturated carbocycles. The van der Waals surface area contributed by atoms with Gasteiger partial charge < -0.3 is 49.1 Å². The number of carbonyl (C=O) groups is 4. The second-order valence-corrected chi connectivity index (χ2v) is 19.6. The summed E-state index contributed by atoms with van der Waals surface area (Å²) < 4.78 is 56.1. The van der Waals surface area contributed by atoms with E-state index in [-0.39, 0.29) is 31.8 Å². The van der Waals surface area contributed by atoms with Crippen LogP contribution < -0.4 is 5.73 Å². The van der Waals surface area contributed by atoms with Crippen molar-refractivity contribution in [3.05, 3.63) is 66.4 Å². The zero-order valence-electron chi connectivity index (χ0n) is 41.1. The number of amides is 1. The number of fused-ring (bicyclic) bond motifs is 1. The van der Waals surface area contributed by atoms with Crippen molar-refractivity contribution in [2.75, 3.05) is 40.1 Å². The molecule has 3 aliphatic heterocycles. The number of hydrogen-bond acceptors (Lipinski definition) is 15. The Morgan fingerprint density at radius 3 is 2.35 bits per heavy atom. The average Bonchev–Trinajstić information content (AvgIpc) is 3.89. The zero-order valence-corrected chi connectivity index (χ0v) is 41.1. The van der Waals surface area contributed by atoms with Crippen LogP contribution in [0.15, 0.2) is 60.8 Å². The summed E-state index contributed by atoms with van der Waals surface area (Å²) in [6, 6.07) is 15.5. The van der Waals surface area contributed by atoms with Gasteiger partial charge in [-0.05, 0) is 84.7 Å². The van der Waals surface area contributed by atoms with E-state index in [9.17, 15) is 24.3 Å². The van der Waals surface area contributed by atoms with E-state index in [1.165, 1.54) is 18.9 Å². The number of nitrogens with two attached hydrogens (primary N) is 1. The van der Waals surface area contributed by atoms with Gasteiger partial charge in [0.05, 0.1) is 43.3 Å². The summed E-state index contributed by atoms with van der Waals surface area (Å²) >= 11 is 0. The number of aliphatic hydroxyl groups excluding tert-OH is 1. The lowest BCUT2D eigenvalue weighted by molar-refractivity contribution is -0.302. The van der Waals surface area contributed by atoms with Crippen LogP contribution in [0.4, 0.5) is 14.9 Å². The fourth-order valence-electron chi connectivity index (χ4n) is 10.4. The van der Waals surface area contributed by atoms with Crippen molar-refractivity contribution >= 4 is 29.3 Å². The third kappa shape index (κ3) is 11.3. The SMILES string of the molecule is CC[C@H]1OC(=O)[C@@](C)(F)C(=O)[C@H](C)[C@@H](O[C@@H]2O[C@H](COCc3ccccc3)C[C@H](N(C)C)[C@H]2O)[C@@](C)(OC)C[C@@H](C)C(=O)[C@H](C)[C@H]2N(CCCCn3cc(-c4cccc(N)c4)nn3)C(=O)O[C@]12C. The van der Waals surface area contributed by atoms with Gasteiger partial charge in [-0.1, -0.05) is 75.4 Å². The maximum atomic E-state index is 17.2. The van der Waals surface area contributed by atoms with Gasteiger partial charge >= 0.3 is 12.1 Å². The number of unbranched alkanes of at least 4 members (excludes halogenated alkanes) is 1. The van der Waals surface area contributed by atoms with Crippen molar-refractivity contribution in [2.24, 2.45) is 17.8 Å². The molecule has 3 saturated heterocycles. The summed E-state index contributed by atoms with van der Waals surface area (Å²) in [7, 11) is 5.03. The number of nitrogen functional groups attached to an aromatic ring is 1. The Balaban J connectivity index is 1.27. The van der Waals surface area contributed by atoms with Crippen LogP contribution in [0.25, 0.3) is 11.3 Å². The maximum Gasteiger partial charge on any atom is 0.410 e. The molecule has 3 aliphatic rings. The number of aryl methyl sites for hydroxylation is 1. The van der Waals surface area contributed by atoms with Crippen molar-refractivity contribution in [1.82, 2.24) is 24.8 Å². The fourth-order valence-corrected chi connectivity index (χ4v) is 10.4. The molecule has 374 valence electrons. The van der Waals surface area contributed by atoms with Gasteiger partial charge in [-0.25, -0.2) is 14.0 Å². The number of esters is 1. The van der Waals surface area contributed by atoms with Crippen LogP contribution in [-0.4, -0.2) is 148 Å². The molecule has 68 heavy (non-hydrogen) atoms. The number of aromatic nitrogens is 3. The van der Waals surface area contributed by atoms with E-state index in [4.69, 9.17) is 34.2 Å². The summed E-state index contributed by atoms with van der Waals surface area (Å²) in [6.45, 7) is 11.7. The summed E-state index contributed by atoms with van der Waals surface area (Å²) in [4.78, 5) is 60.8. The van der Waals surface area contributed by atoms with Gasteiger partial charge in [-0.3, -0.25) is 14.3 Å². The number of ether oxygens (including phenoxy) is 6. The van der Waals surface area contributed by atoms with Crippen LogP contribution in [0.1, 0.15) is 86.1 Å². The third-order valence-corrected chi connectivity index (χ3v) is 14.2. The quantitative estimate of drug-likeness (QED) is 0.0799. The van der Waals surface area contributed by atoms with Crippen LogP contribution in [0.5, 0.6) is 0 Å². The highest BCUT2D eigenvalue weighted by atomic mass is 19.1. The van der Waals surface area contributed by atoms with E-state index in [1.807, 2.05) is 73.7 Å². The van der Waals surface area contributed by atoms with E-state index >= 15 is 4.39 Å². The smallest absolute Gasteiger partial charge is 0.410 e. The number of methoxy groups -OCH3 is 1. The highest BCUT2D eigenvalue weighted by Gasteiger charge is 2.61. The van der Waals surface area contributed by atoms with Gasteiger partial charge in [0.1, 0.15) is 23.7 Å². The molecule has 2 aromatic carbocycles. The molecule has 17 nitrogen and oxygen atoms in total. The molecule has 0 radical (unpaired) electrons. The normalized spacial score (nSPS) is 34.1. The van der Waals surface area contributed by atoms with Crippen molar-refractivity contribution in [2.45, 2.75) is 153 Å². The number of carbonyl (C=O) groups excluding carboxylic acids is 4. The summed E-state index contributed by atoms with van der Waals surface area (Å²) in [5, 5.41) is 20.3. The molecule has 18 heteroatoms. The lowest BCUT2D eigenvalue weighted by Crippen LogP contribution is -2.62. The maximum absolute atomic E-state index is 17.2. The molecule has 0 unspecified atom stereocenters. The first-order valence-electron chi connectivity index (χ1n) is 23.7. The van der Waals surface area contributed by atoms with Crippen LogP contribution in [0.3, 0.4) is 0 Å². The number of cyclic esters (lactones) is 1. The van der Waals surface area contributed by atoms with Crippen LogP contribution in [0.2, 0.25) is 0 Å². The van der Waals surface area contributed by atoms with Crippen LogP contribution in [0, 0.1) is 17.8 Å². The van der Waals surface area contributed by atoms with E-state index in [1.54, 1.807) is 45.4 Å². The molecular formula is C50H71FN6O11. The molecule has 6 rings (SSSR count). The van der Waals surface area contributed by atoms with Crippen molar-refractivity contribution in [1.29, 1.82) is 0 Å². The minimum absolute atomic E-state index is 0.0448. The number of aliphatic hydroxyl groups is 1. The number of hydrogen-bond donors (Lipinski definition) is 2. The number of rotatable bonds is 15. The average molecular weight is 951 g/mol. The molecule has 0 bridgehead atoms. The largest absolute Gasteiger partial charge is 0.455 e. The fraction of sp³-hybridized carbons (Fsp3) is 0.640. The number of Topliss-reactive ketones (excluding diaryl/α,β-unsaturated/α-hetero) is 2. The Kier molecular flexibility index (Phi) is 16.9. The minimum Gasteiger partial charge on any atom is -0.455 e. The molecule has 1 aromatic heterocycles. The van der Waals surface area contributed by atoms with Crippen LogP contribution in [-0.2, 0) is 56.0 Å². The first kappa shape index (κ1) is 52.5. The van der Waals surface area contributed by atoms with Crippen LogP contribution >= 0.6 is 0 Å². The predicted octanol–water partition coefficient (Wildman–Crippen LogP) is 5.80. The third-order valence-electron chi connectivity index (χ3n) is 14.2. The van der Waals surface area contributed by atoms with Gasteiger partial charge in [0.2, 0.25) is 0 Å². The number of benzene rings is 2. The lowest BCUT2D eigenvalue weighted by atomic mass is 9.73. The Bertz CT molecular complexity index is 2210. The van der Waals surface area contributed by atoms with E-state index in [0.717, 1.165) is 18.1 Å². The number of halogens is 1. The highest BCUT2D eigenvalue weighted by molar-refractivity contribution is 6.08.